The third kappa shape index (κ3) is 1.73. The first-order valence-corrected chi connectivity index (χ1v) is 6.16. The van der Waals surface area contributed by atoms with Gasteiger partial charge in [-0.15, -0.1) is 0 Å². The molecule has 1 aromatic heterocycles. The molecular formula is C12H17N5O. The number of piperazine rings is 1. The highest BCUT2D eigenvalue weighted by Crippen LogP contribution is 2.23. The fourth-order valence-corrected chi connectivity index (χ4v) is 2.72. The summed E-state index contributed by atoms with van der Waals surface area (Å²) in [5.74, 6) is 0.975. The fourth-order valence-electron chi connectivity index (χ4n) is 2.72. The number of nitrogen functional groups attached to an aromatic ring is 1. The maximum atomic E-state index is 11.5. The number of aryl methyl sites for hydroxylation is 1. The number of carbonyl (C=O) groups excluding carboxylic acids is 1. The highest BCUT2D eigenvalue weighted by Gasteiger charge is 2.35. The molecule has 2 fully saturated rings. The van der Waals surface area contributed by atoms with Crippen LogP contribution in [0.5, 0.6) is 0 Å². The van der Waals surface area contributed by atoms with Crippen molar-refractivity contribution in [1.29, 1.82) is 0 Å². The number of rotatable bonds is 1. The third-order valence-corrected chi connectivity index (χ3v) is 3.60. The second-order valence-corrected chi connectivity index (χ2v) is 4.89. The maximum absolute atomic E-state index is 11.5. The molecule has 18 heavy (non-hydrogen) atoms. The summed E-state index contributed by atoms with van der Waals surface area (Å²) in [7, 11) is 0. The number of aromatic nitrogens is 1. The van der Waals surface area contributed by atoms with E-state index in [-0.39, 0.29) is 12.1 Å². The number of hydrogen-bond donors (Lipinski definition) is 2. The Hall–Kier alpha value is -1.98. The first-order chi connectivity index (χ1) is 8.65. The van der Waals surface area contributed by atoms with Crippen molar-refractivity contribution in [1.82, 2.24) is 15.2 Å². The average molecular weight is 247 g/mol. The molecule has 3 heterocycles. The summed E-state index contributed by atoms with van der Waals surface area (Å²) >= 11 is 0. The van der Waals surface area contributed by atoms with Crippen molar-refractivity contribution in [2.75, 3.05) is 36.8 Å². The Morgan fingerprint density at radius 3 is 3.11 bits per heavy atom. The van der Waals surface area contributed by atoms with Crippen molar-refractivity contribution in [3.05, 3.63) is 17.8 Å². The molecule has 2 aliphatic rings. The van der Waals surface area contributed by atoms with Crippen LogP contribution in [0.2, 0.25) is 0 Å². The van der Waals surface area contributed by atoms with Gasteiger partial charge in [-0.1, -0.05) is 0 Å². The molecule has 0 bridgehead atoms. The Morgan fingerprint density at radius 1 is 1.50 bits per heavy atom. The molecule has 3 rings (SSSR count). The molecule has 96 valence electrons. The molecule has 2 aliphatic heterocycles. The Kier molecular flexibility index (Phi) is 2.50. The molecule has 6 heteroatoms. The second kappa shape index (κ2) is 4.04. The van der Waals surface area contributed by atoms with E-state index in [0.29, 0.717) is 5.69 Å². The zero-order valence-corrected chi connectivity index (χ0v) is 10.4. The number of carbonyl (C=O) groups is 1. The van der Waals surface area contributed by atoms with Crippen LogP contribution < -0.4 is 16.0 Å². The van der Waals surface area contributed by atoms with Gasteiger partial charge < -0.3 is 20.9 Å². The summed E-state index contributed by atoms with van der Waals surface area (Å²) in [5, 5.41) is 2.88. The lowest BCUT2D eigenvalue weighted by molar-refractivity contribution is 0.197. The van der Waals surface area contributed by atoms with Crippen LogP contribution in [0.1, 0.15) is 5.56 Å². The van der Waals surface area contributed by atoms with E-state index in [1.54, 1.807) is 6.20 Å². The van der Waals surface area contributed by atoms with Crippen molar-refractivity contribution in [2.45, 2.75) is 13.0 Å². The van der Waals surface area contributed by atoms with Gasteiger partial charge in [0.15, 0.2) is 0 Å². The molecule has 2 saturated heterocycles. The maximum Gasteiger partial charge on any atom is 0.317 e. The third-order valence-electron chi connectivity index (χ3n) is 3.60. The molecular weight excluding hydrogens is 230 g/mol. The quantitative estimate of drug-likeness (QED) is 0.742. The summed E-state index contributed by atoms with van der Waals surface area (Å²) in [6.07, 6.45) is 1.69. The van der Waals surface area contributed by atoms with Crippen LogP contribution >= 0.6 is 0 Å². The van der Waals surface area contributed by atoms with E-state index < -0.39 is 0 Å². The Bertz CT molecular complexity index is 489. The minimum atomic E-state index is 0.0571. The SMILES string of the molecule is Cc1cc(N)cnc1N1CCN2C(=O)NCC2C1. The van der Waals surface area contributed by atoms with Crippen molar-refractivity contribution in [3.63, 3.8) is 0 Å². The lowest BCUT2D eigenvalue weighted by atomic mass is 10.1. The number of nitrogens with zero attached hydrogens (tertiary/aromatic N) is 3. The summed E-state index contributed by atoms with van der Waals surface area (Å²) in [6, 6.07) is 2.25. The van der Waals surface area contributed by atoms with E-state index in [4.69, 9.17) is 5.73 Å². The van der Waals surface area contributed by atoms with Gasteiger partial charge in [-0.05, 0) is 18.6 Å². The zero-order valence-electron chi connectivity index (χ0n) is 10.4. The number of pyridine rings is 1. The normalized spacial score (nSPS) is 22.9. The highest BCUT2D eigenvalue weighted by molar-refractivity contribution is 5.77. The van der Waals surface area contributed by atoms with Crippen molar-refractivity contribution in [3.8, 4) is 0 Å². The minimum absolute atomic E-state index is 0.0571. The van der Waals surface area contributed by atoms with E-state index in [1.807, 2.05) is 17.9 Å². The van der Waals surface area contributed by atoms with Gasteiger partial charge in [-0.2, -0.15) is 0 Å². The molecule has 0 radical (unpaired) electrons. The molecule has 6 nitrogen and oxygen atoms in total. The number of fused-ring (bicyclic) bond motifs is 1. The summed E-state index contributed by atoms with van der Waals surface area (Å²) in [5.41, 5.74) is 7.49. The van der Waals surface area contributed by atoms with Crippen LogP contribution in [0.25, 0.3) is 0 Å². The van der Waals surface area contributed by atoms with Crippen molar-refractivity contribution >= 4 is 17.5 Å². The molecule has 1 unspecified atom stereocenters. The Labute approximate surface area is 106 Å². The summed E-state index contributed by atoms with van der Waals surface area (Å²) in [4.78, 5) is 20.1. The molecule has 0 saturated carbocycles. The standard InChI is InChI=1S/C12H17N5O/c1-8-4-9(13)5-14-11(8)16-2-3-17-10(7-16)6-15-12(17)18/h4-5,10H,2-3,6-7,13H2,1H3,(H,15,18). The van der Waals surface area contributed by atoms with Gasteiger partial charge in [0.2, 0.25) is 0 Å². The molecule has 0 aromatic carbocycles. The van der Waals surface area contributed by atoms with Crippen molar-refractivity contribution in [2.24, 2.45) is 0 Å². The first kappa shape index (κ1) is 11.1. The summed E-state index contributed by atoms with van der Waals surface area (Å²) in [6.45, 7) is 5.15. The summed E-state index contributed by atoms with van der Waals surface area (Å²) < 4.78 is 0. The van der Waals surface area contributed by atoms with E-state index in [0.717, 1.165) is 37.6 Å². The van der Waals surface area contributed by atoms with Gasteiger partial charge in [0, 0.05) is 26.2 Å². The first-order valence-electron chi connectivity index (χ1n) is 6.16. The molecule has 3 N–H and O–H groups in total. The van der Waals surface area contributed by atoms with Gasteiger partial charge in [0.1, 0.15) is 5.82 Å². The molecule has 0 spiro atoms. The van der Waals surface area contributed by atoms with Gasteiger partial charge in [0.05, 0.1) is 17.9 Å². The topological polar surface area (TPSA) is 74.5 Å². The lowest BCUT2D eigenvalue weighted by Gasteiger charge is -2.37. The molecule has 2 amide bonds. The van der Waals surface area contributed by atoms with Crippen LogP contribution in [0.4, 0.5) is 16.3 Å². The number of amides is 2. The number of nitrogens with two attached hydrogens (primary N) is 1. The van der Waals surface area contributed by atoms with Gasteiger partial charge >= 0.3 is 6.03 Å². The van der Waals surface area contributed by atoms with Crippen LogP contribution in [0, 0.1) is 6.92 Å². The van der Waals surface area contributed by atoms with Crippen LogP contribution in [0.3, 0.4) is 0 Å². The van der Waals surface area contributed by atoms with E-state index in [1.165, 1.54) is 0 Å². The molecule has 0 aliphatic carbocycles. The molecule has 1 atom stereocenters. The largest absolute Gasteiger partial charge is 0.397 e. The number of anilines is 2. The molecule has 1 aromatic rings. The van der Waals surface area contributed by atoms with Gasteiger partial charge in [-0.25, -0.2) is 9.78 Å². The highest BCUT2D eigenvalue weighted by atomic mass is 16.2. The Morgan fingerprint density at radius 2 is 2.33 bits per heavy atom. The van der Waals surface area contributed by atoms with Gasteiger partial charge in [-0.3, -0.25) is 0 Å². The van der Waals surface area contributed by atoms with Gasteiger partial charge in [0.25, 0.3) is 0 Å². The number of nitrogens with one attached hydrogen (secondary N) is 1. The smallest absolute Gasteiger partial charge is 0.317 e. The lowest BCUT2D eigenvalue weighted by Crippen LogP contribution is -2.52. The zero-order chi connectivity index (χ0) is 12.7. The van der Waals surface area contributed by atoms with E-state index in [2.05, 4.69) is 15.2 Å². The van der Waals surface area contributed by atoms with Crippen LogP contribution in [0.15, 0.2) is 12.3 Å². The number of urea groups is 1. The van der Waals surface area contributed by atoms with Crippen molar-refractivity contribution < 1.29 is 4.79 Å². The minimum Gasteiger partial charge on any atom is -0.397 e. The predicted octanol–water partition coefficient (Wildman–Crippen LogP) is 0.186. The van der Waals surface area contributed by atoms with Crippen LogP contribution in [-0.2, 0) is 0 Å². The van der Waals surface area contributed by atoms with E-state index in [9.17, 15) is 4.79 Å². The Balaban J connectivity index is 1.80. The van der Waals surface area contributed by atoms with E-state index >= 15 is 0 Å². The average Bonchev–Trinajstić information content (AvgIpc) is 2.71. The monoisotopic (exact) mass is 247 g/mol. The second-order valence-electron chi connectivity index (χ2n) is 4.89. The fraction of sp³-hybridized carbons (Fsp3) is 0.500. The number of hydrogen-bond acceptors (Lipinski definition) is 4. The predicted molar refractivity (Wildman–Crippen MR) is 69.5 cm³/mol. The van der Waals surface area contributed by atoms with Crippen LogP contribution in [-0.4, -0.2) is 48.1 Å².